The number of amides is 1. The van der Waals surface area contributed by atoms with Crippen LogP contribution < -0.4 is 10.6 Å². The summed E-state index contributed by atoms with van der Waals surface area (Å²) >= 11 is 0. The Morgan fingerprint density at radius 2 is 1.71 bits per heavy atom. The number of carbonyl (C=O) groups is 2. The summed E-state index contributed by atoms with van der Waals surface area (Å²) in [5, 5.41) is 13.2. The van der Waals surface area contributed by atoms with Crippen LogP contribution in [0.2, 0.25) is 0 Å². The Labute approximate surface area is 156 Å². The zero-order valence-corrected chi connectivity index (χ0v) is 14.5. The van der Waals surface area contributed by atoms with E-state index >= 15 is 0 Å². The molecule has 2 heterocycles. The van der Waals surface area contributed by atoms with E-state index in [1.165, 1.54) is 6.07 Å². The summed E-state index contributed by atoms with van der Waals surface area (Å²) in [5.74, 6) is -2.47. The maximum Gasteiger partial charge on any atom is 0.490 e. The number of nitrogens with zero attached hydrogens (tertiary/aromatic N) is 1. The molecule has 1 aromatic heterocycles. The van der Waals surface area contributed by atoms with Crippen LogP contribution >= 0.6 is 0 Å². The number of alkyl halides is 6. The second kappa shape index (κ2) is 10.2. The van der Waals surface area contributed by atoms with Crippen molar-refractivity contribution in [2.75, 3.05) is 19.6 Å². The topological polar surface area (TPSA) is 91.3 Å². The van der Waals surface area contributed by atoms with Gasteiger partial charge in [-0.1, -0.05) is 6.07 Å². The number of halogens is 6. The number of carboxylic acid groups (broad SMARTS) is 1. The third kappa shape index (κ3) is 9.02. The van der Waals surface area contributed by atoms with E-state index in [1.54, 1.807) is 0 Å². The van der Waals surface area contributed by atoms with Crippen molar-refractivity contribution in [2.45, 2.75) is 31.6 Å². The second-order valence-electron chi connectivity index (χ2n) is 6.03. The zero-order valence-electron chi connectivity index (χ0n) is 14.5. The Kier molecular flexibility index (Phi) is 8.66. The Morgan fingerprint density at radius 3 is 2.14 bits per heavy atom. The fourth-order valence-electron chi connectivity index (χ4n) is 2.29. The summed E-state index contributed by atoms with van der Waals surface area (Å²) in [6.45, 7) is 2.54. The van der Waals surface area contributed by atoms with Gasteiger partial charge in [-0.2, -0.15) is 26.3 Å². The number of pyridine rings is 1. The molecule has 0 radical (unpaired) electrons. The van der Waals surface area contributed by atoms with Gasteiger partial charge in [0.05, 0.1) is 6.42 Å². The summed E-state index contributed by atoms with van der Waals surface area (Å²) in [7, 11) is 0. The molecule has 1 saturated heterocycles. The monoisotopic (exact) mass is 415 g/mol. The molecule has 0 saturated carbocycles. The number of hydrogen-bond acceptors (Lipinski definition) is 4. The van der Waals surface area contributed by atoms with E-state index in [0.29, 0.717) is 18.0 Å². The van der Waals surface area contributed by atoms with Crippen LogP contribution in [0.5, 0.6) is 0 Å². The van der Waals surface area contributed by atoms with Gasteiger partial charge in [0.2, 0.25) is 5.91 Å². The van der Waals surface area contributed by atoms with Crippen LogP contribution in [-0.4, -0.2) is 47.8 Å². The highest BCUT2D eigenvalue weighted by molar-refractivity contribution is 5.78. The Bertz CT molecular complexity index is 641. The molecular formula is C16H19F6N3O3. The highest BCUT2D eigenvalue weighted by atomic mass is 19.4. The third-order valence-corrected chi connectivity index (χ3v) is 3.77. The molecule has 0 bridgehead atoms. The van der Waals surface area contributed by atoms with Crippen molar-refractivity contribution in [3.05, 3.63) is 29.6 Å². The third-order valence-electron chi connectivity index (χ3n) is 3.77. The van der Waals surface area contributed by atoms with Crippen LogP contribution in [0.3, 0.4) is 0 Å². The molecule has 1 aromatic rings. The molecule has 1 aliphatic rings. The number of hydrogen-bond donors (Lipinski definition) is 3. The van der Waals surface area contributed by atoms with E-state index < -0.39 is 24.0 Å². The first-order valence-electron chi connectivity index (χ1n) is 8.19. The van der Waals surface area contributed by atoms with Gasteiger partial charge in [-0.3, -0.25) is 9.78 Å². The minimum absolute atomic E-state index is 0.0517. The van der Waals surface area contributed by atoms with Crippen LogP contribution in [0.1, 0.15) is 24.1 Å². The molecule has 6 nitrogen and oxygen atoms in total. The summed E-state index contributed by atoms with van der Waals surface area (Å²) < 4.78 is 68.8. The fraction of sp³-hybridized carbons (Fsp3) is 0.562. The smallest absolute Gasteiger partial charge is 0.475 e. The SMILES string of the molecule is O=C(Cc1ccc(C(F)(F)F)nc1)NCC1CCNCC1.O=C(O)C(F)(F)F. The van der Waals surface area contributed by atoms with Crippen molar-refractivity contribution in [1.29, 1.82) is 0 Å². The molecule has 158 valence electrons. The average Bonchev–Trinajstić information content (AvgIpc) is 2.60. The summed E-state index contributed by atoms with van der Waals surface area (Å²) in [6.07, 6.45) is -6.32. The van der Waals surface area contributed by atoms with Gasteiger partial charge in [-0.05, 0) is 43.5 Å². The first-order valence-corrected chi connectivity index (χ1v) is 8.19. The van der Waals surface area contributed by atoms with Gasteiger partial charge in [0.1, 0.15) is 5.69 Å². The summed E-state index contributed by atoms with van der Waals surface area (Å²) in [6, 6.07) is 2.19. The molecule has 1 amide bonds. The molecule has 2 rings (SSSR count). The van der Waals surface area contributed by atoms with E-state index in [0.717, 1.165) is 38.2 Å². The van der Waals surface area contributed by atoms with Crippen molar-refractivity contribution >= 4 is 11.9 Å². The van der Waals surface area contributed by atoms with Gasteiger partial charge in [0, 0.05) is 12.7 Å². The van der Waals surface area contributed by atoms with Crippen molar-refractivity contribution in [3.8, 4) is 0 Å². The standard InChI is InChI=1S/C14H18F3N3O.C2HF3O2/c15-14(16,17)12-2-1-11(9-19-12)7-13(21)20-8-10-3-5-18-6-4-10;3-2(4,5)1(6)7/h1-2,9-10,18H,3-8H2,(H,20,21);(H,6,7). The predicted octanol–water partition coefficient (Wildman–Crippen LogP) is 2.39. The van der Waals surface area contributed by atoms with Gasteiger partial charge in [-0.15, -0.1) is 0 Å². The number of carbonyl (C=O) groups excluding carboxylic acids is 1. The predicted molar refractivity (Wildman–Crippen MR) is 85.2 cm³/mol. The van der Waals surface area contributed by atoms with Gasteiger partial charge in [0.15, 0.2) is 0 Å². The van der Waals surface area contributed by atoms with E-state index in [-0.39, 0.29) is 12.3 Å². The van der Waals surface area contributed by atoms with Crippen LogP contribution in [0.4, 0.5) is 26.3 Å². The summed E-state index contributed by atoms with van der Waals surface area (Å²) in [5.41, 5.74) is -0.466. The van der Waals surface area contributed by atoms with Crippen molar-refractivity contribution < 1.29 is 41.0 Å². The molecule has 1 aliphatic heterocycles. The minimum Gasteiger partial charge on any atom is -0.475 e. The Balaban J connectivity index is 0.000000480. The van der Waals surface area contributed by atoms with Crippen LogP contribution in [0, 0.1) is 5.92 Å². The highest BCUT2D eigenvalue weighted by Gasteiger charge is 2.38. The van der Waals surface area contributed by atoms with Crippen molar-refractivity contribution in [2.24, 2.45) is 5.92 Å². The molecule has 0 spiro atoms. The van der Waals surface area contributed by atoms with Crippen LogP contribution in [-0.2, 0) is 22.2 Å². The number of aromatic nitrogens is 1. The molecule has 12 heteroatoms. The number of rotatable bonds is 4. The highest BCUT2D eigenvalue weighted by Crippen LogP contribution is 2.27. The normalized spacial score (nSPS) is 15.4. The van der Waals surface area contributed by atoms with Crippen molar-refractivity contribution in [1.82, 2.24) is 15.6 Å². The molecule has 1 fully saturated rings. The minimum atomic E-state index is -5.08. The lowest BCUT2D eigenvalue weighted by Gasteiger charge is -2.22. The van der Waals surface area contributed by atoms with Crippen LogP contribution in [0.15, 0.2) is 18.3 Å². The average molecular weight is 415 g/mol. The van der Waals surface area contributed by atoms with Gasteiger partial charge >= 0.3 is 18.3 Å². The van der Waals surface area contributed by atoms with E-state index in [1.807, 2.05) is 0 Å². The first kappa shape index (κ1) is 23.7. The van der Waals surface area contributed by atoms with Gasteiger partial charge in [-0.25, -0.2) is 4.79 Å². The molecule has 0 unspecified atom stereocenters. The van der Waals surface area contributed by atoms with E-state index in [2.05, 4.69) is 15.6 Å². The molecule has 0 atom stereocenters. The van der Waals surface area contributed by atoms with Crippen molar-refractivity contribution in [3.63, 3.8) is 0 Å². The van der Waals surface area contributed by atoms with Crippen LogP contribution in [0.25, 0.3) is 0 Å². The number of piperidine rings is 1. The molecular weight excluding hydrogens is 396 g/mol. The first-order chi connectivity index (χ1) is 12.9. The van der Waals surface area contributed by atoms with E-state index in [9.17, 15) is 31.1 Å². The maximum atomic E-state index is 12.4. The molecule has 0 aliphatic carbocycles. The van der Waals surface area contributed by atoms with Gasteiger partial charge in [0.25, 0.3) is 0 Å². The number of aliphatic carboxylic acids is 1. The fourth-order valence-corrected chi connectivity index (χ4v) is 2.29. The van der Waals surface area contributed by atoms with E-state index in [4.69, 9.17) is 9.90 Å². The lowest BCUT2D eigenvalue weighted by Crippen LogP contribution is -2.36. The molecule has 0 aromatic carbocycles. The quantitative estimate of drug-likeness (QED) is 0.657. The lowest BCUT2D eigenvalue weighted by atomic mass is 9.98. The lowest BCUT2D eigenvalue weighted by molar-refractivity contribution is -0.192. The molecule has 28 heavy (non-hydrogen) atoms. The Hall–Kier alpha value is -2.37. The van der Waals surface area contributed by atoms with Gasteiger partial charge < -0.3 is 15.7 Å². The summed E-state index contributed by atoms with van der Waals surface area (Å²) in [4.78, 5) is 24.0. The maximum absolute atomic E-state index is 12.4. The molecule has 3 N–H and O–H groups in total. The second-order valence-corrected chi connectivity index (χ2v) is 6.03. The zero-order chi connectivity index (χ0) is 21.4. The Morgan fingerprint density at radius 1 is 1.14 bits per heavy atom. The number of nitrogens with one attached hydrogen (secondary N) is 2. The largest absolute Gasteiger partial charge is 0.490 e. The number of carboxylic acids is 1.